The molecule has 7 heteroatoms. The summed E-state index contributed by atoms with van der Waals surface area (Å²) < 4.78 is 0. The molecule has 1 heterocycles. The number of rotatable bonds is 3. The molecular formula is C6H8N4O2S. The predicted molar refractivity (Wildman–Crippen MR) is 50.6 cm³/mol. The molecule has 6 nitrogen and oxygen atoms in total. The van der Waals surface area contributed by atoms with Gasteiger partial charge in [-0.3, -0.25) is 10.1 Å². The lowest BCUT2D eigenvalue weighted by Gasteiger charge is -1.99. The average Bonchev–Trinajstić information content (AvgIpc) is 2.48. The molecule has 1 aromatic heterocycles. The second-order valence-electron chi connectivity index (χ2n) is 2.45. The zero-order chi connectivity index (χ0) is 9.84. The number of aliphatic imine (C=N–C) groups is 1. The van der Waals surface area contributed by atoms with E-state index >= 15 is 0 Å². The maximum absolute atomic E-state index is 10.3. The first kappa shape index (κ1) is 9.59. The molecule has 0 saturated carbocycles. The summed E-state index contributed by atoms with van der Waals surface area (Å²) in [6, 6.07) is 0. The van der Waals surface area contributed by atoms with Gasteiger partial charge in [0.1, 0.15) is 6.20 Å². The highest BCUT2D eigenvalue weighted by Crippen LogP contribution is 2.26. The van der Waals surface area contributed by atoms with Crippen molar-refractivity contribution >= 4 is 27.8 Å². The largest absolute Gasteiger partial charge is 0.369 e. The first-order valence-electron chi connectivity index (χ1n) is 3.40. The molecule has 0 aromatic carbocycles. The third kappa shape index (κ3) is 2.79. The van der Waals surface area contributed by atoms with E-state index < -0.39 is 4.92 Å². The smallest absolute Gasteiger partial charge is 0.345 e. The molecule has 0 fully saturated rings. The van der Waals surface area contributed by atoms with Gasteiger partial charge >= 0.3 is 5.00 Å². The SMILES string of the molecule is CN(C)C=Nc1ncc([N+](=O)[O-])s1. The van der Waals surface area contributed by atoms with Gasteiger partial charge in [-0.2, -0.15) is 0 Å². The van der Waals surface area contributed by atoms with Gasteiger partial charge in [-0.15, -0.1) is 0 Å². The second kappa shape index (κ2) is 3.94. The van der Waals surface area contributed by atoms with Crippen LogP contribution in [0, 0.1) is 10.1 Å². The first-order chi connectivity index (χ1) is 6.09. The fourth-order valence-electron chi connectivity index (χ4n) is 0.566. The molecule has 0 aliphatic heterocycles. The first-order valence-corrected chi connectivity index (χ1v) is 4.22. The van der Waals surface area contributed by atoms with Crippen LogP contribution in [0.15, 0.2) is 11.2 Å². The van der Waals surface area contributed by atoms with E-state index in [0.717, 1.165) is 11.3 Å². The van der Waals surface area contributed by atoms with Gasteiger partial charge in [-0.05, 0) is 11.3 Å². The minimum Gasteiger partial charge on any atom is -0.369 e. The van der Waals surface area contributed by atoms with Crippen molar-refractivity contribution in [3.63, 3.8) is 0 Å². The van der Waals surface area contributed by atoms with Crippen LogP contribution >= 0.6 is 11.3 Å². The molecule has 13 heavy (non-hydrogen) atoms. The molecule has 1 aromatic rings. The van der Waals surface area contributed by atoms with Gasteiger partial charge in [0.25, 0.3) is 0 Å². The summed E-state index contributed by atoms with van der Waals surface area (Å²) in [5, 5.41) is 10.7. The van der Waals surface area contributed by atoms with Crippen LogP contribution in [0.1, 0.15) is 0 Å². The third-order valence-electron chi connectivity index (χ3n) is 1.06. The highest BCUT2D eigenvalue weighted by atomic mass is 32.1. The van der Waals surface area contributed by atoms with Gasteiger partial charge in [-0.25, -0.2) is 9.98 Å². The Morgan fingerprint density at radius 3 is 2.92 bits per heavy atom. The highest BCUT2D eigenvalue weighted by molar-refractivity contribution is 7.18. The van der Waals surface area contributed by atoms with Gasteiger partial charge in [0, 0.05) is 14.1 Å². The van der Waals surface area contributed by atoms with Crippen LogP contribution in [0.4, 0.5) is 10.1 Å². The average molecular weight is 200 g/mol. The van der Waals surface area contributed by atoms with Crippen molar-refractivity contribution in [1.29, 1.82) is 0 Å². The van der Waals surface area contributed by atoms with Crippen molar-refractivity contribution in [1.82, 2.24) is 9.88 Å². The summed E-state index contributed by atoms with van der Waals surface area (Å²) >= 11 is 0.948. The fraction of sp³-hybridized carbons (Fsp3) is 0.333. The zero-order valence-electron chi connectivity index (χ0n) is 7.17. The van der Waals surface area contributed by atoms with Crippen LogP contribution in [0.2, 0.25) is 0 Å². The minimum absolute atomic E-state index is 0.00547. The van der Waals surface area contributed by atoms with E-state index in [1.807, 2.05) is 14.1 Å². The number of hydrogen-bond donors (Lipinski definition) is 0. The molecule has 70 valence electrons. The van der Waals surface area contributed by atoms with E-state index in [-0.39, 0.29) is 5.00 Å². The predicted octanol–water partition coefficient (Wildman–Crippen LogP) is 1.27. The van der Waals surface area contributed by atoms with E-state index in [4.69, 9.17) is 0 Å². The maximum Gasteiger partial charge on any atom is 0.345 e. The van der Waals surface area contributed by atoms with E-state index in [1.165, 1.54) is 6.20 Å². The van der Waals surface area contributed by atoms with E-state index in [1.54, 1.807) is 11.2 Å². The van der Waals surface area contributed by atoms with Crippen LogP contribution in [-0.4, -0.2) is 35.2 Å². The van der Waals surface area contributed by atoms with Crippen molar-refractivity contribution in [2.75, 3.05) is 14.1 Å². The molecule has 0 amide bonds. The topological polar surface area (TPSA) is 71.6 Å². The Hall–Kier alpha value is -1.50. The number of hydrogen-bond acceptors (Lipinski definition) is 5. The number of thiazole rings is 1. The van der Waals surface area contributed by atoms with E-state index in [2.05, 4.69) is 9.98 Å². The summed E-state index contributed by atoms with van der Waals surface area (Å²) in [6.07, 6.45) is 2.75. The molecule has 0 radical (unpaired) electrons. The fourth-order valence-corrected chi connectivity index (χ4v) is 1.14. The van der Waals surface area contributed by atoms with Gasteiger partial charge in [-0.1, -0.05) is 0 Å². The third-order valence-corrected chi connectivity index (χ3v) is 1.92. The van der Waals surface area contributed by atoms with Gasteiger partial charge in [0.15, 0.2) is 0 Å². The van der Waals surface area contributed by atoms with Crippen molar-refractivity contribution in [3.05, 3.63) is 16.3 Å². The van der Waals surface area contributed by atoms with Crippen molar-refractivity contribution in [2.24, 2.45) is 4.99 Å². The summed E-state index contributed by atoms with van der Waals surface area (Å²) in [4.78, 5) is 19.2. The van der Waals surface area contributed by atoms with Crippen molar-refractivity contribution in [3.8, 4) is 0 Å². The summed E-state index contributed by atoms with van der Waals surface area (Å²) in [7, 11) is 3.62. The lowest BCUT2D eigenvalue weighted by molar-refractivity contribution is -0.380. The Labute approximate surface area is 78.7 Å². The summed E-state index contributed by atoms with van der Waals surface area (Å²) in [5.74, 6) is 0. The molecular weight excluding hydrogens is 192 g/mol. The zero-order valence-corrected chi connectivity index (χ0v) is 7.98. The Balaban J connectivity index is 2.75. The number of aromatic nitrogens is 1. The lowest BCUT2D eigenvalue weighted by Crippen LogP contribution is -2.06. The van der Waals surface area contributed by atoms with Gasteiger partial charge in [0.05, 0.1) is 11.3 Å². The minimum atomic E-state index is -0.480. The van der Waals surface area contributed by atoms with Gasteiger partial charge < -0.3 is 4.90 Å². The van der Waals surface area contributed by atoms with E-state index in [9.17, 15) is 10.1 Å². The van der Waals surface area contributed by atoms with Gasteiger partial charge in [0.2, 0.25) is 5.13 Å². The Morgan fingerprint density at radius 1 is 1.77 bits per heavy atom. The van der Waals surface area contributed by atoms with Crippen molar-refractivity contribution < 1.29 is 4.92 Å². The normalized spacial score (nSPS) is 10.6. The highest BCUT2D eigenvalue weighted by Gasteiger charge is 2.09. The molecule has 0 unspecified atom stereocenters. The summed E-state index contributed by atoms with van der Waals surface area (Å²) in [6.45, 7) is 0. The number of nitro groups is 1. The molecule has 0 saturated heterocycles. The quantitative estimate of drug-likeness (QED) is 0.319. The Kier molecular flexibility index (Phi) is 2.91. The monoisotopic (exact) mass is 200 g/mol. The maximum atomic E-state index is 10.3. The molecule has 0 N–H and O–H groups in total. The standard InChI is InChI=1S/C6H8N4O2S/c1-9(2)4-8-6-7-3-5(13-6)10(11)12/h3-4H,1-2H3. The van der Waals surface area contributed by atoms with Crippen LogP contribution in [-0.2, 0) is 0 Å². The molecule has 0 atom stereocenters. The van der Waals surface area contributed by atoms with E-state index in [0.29, 0.717) is 5.13 Å². The van der Waals surface area contributed by atoms with Crippen LogP contribution in [0.5, 0.6) is 0 Å². The lowest BCUT2D eigenvalue weighted by atomic mass is 10.9. The van der Waals surface area contributed by atoms with Crippen LogP contribution in [0.3, 0.4) is 0 Å². The summed E-state index contributed by atoms with van der Waals surface area (Å²) in [5.41, 5.74) is 0. The molecule has 0 spiro atoms. The molecule has 0 aliphatic carbocycles. The van der Waals surface area contributed by atoms with Crippen LogP contribution < -0.4 is 0 Å². The Morgan fingerprint density at radius 2 is 2.46 bits per heavy atom. The molecule has 0 bridgehead atoms. The number of nitrogens with zero attached hydrogens (tertiary/aromatic N) is 4. The van der Waals surface area contributed by atoms with Crippen LogP contribution in [0.25, 0.3) is 0 Å². The molecule has 1 rings (SSSR count). The second-order valence-corrected chi connectivity index (χ2v) is 3.43. The Bertz CT molecular complexity index is 333. The van der Waals surface area contributed by atoms with Crippen molar-refractivity contribution in [2.45, 2.75) is 0 Å². The molecule has 0 aliphatic rings.